The molecule has 106 valence electrons. The van der Waals surface area contributed by atoms with Gasteiger partial charge in [-0.3, -0.25) is 4.79 Å². The Bertz CT molecular complexity index is 615. The van der Waals surface area contributed by atoms with Gasteiger partial charge in [0.15, 0.2) is 0 Å². The SMILES string of the molecule is CC(C)(NC(=O)c1cc(Br)c(Br)s1)c1ccc(Br)cc1. The van der Waals surface area contributed by atoms with Gasteiger partial charge in [-0.05, 0) is 69.5 Å². The van der Waals surface area contributed by atoms with Crippen LogP contribution in [0.3, 0.4) is 0 Å². The third-order valence-corrected chi connectivity index (χ3v) is 6.64. The predicted octanol–water partition coefficient (Wildman–Crippen LogP) is 5.70. The van der Waals surface area contributed by atoms with Crippen LogP contribution >= 0.6 is 59.1 Å². The first-order valence-electron chi connectivity index (χ1n) is 5.83. The first-order valence-corrected chi connectivity index (χ1v) is 9.02. The van der Waals surface area contributed by atoms with E-state index in [0.717, 1.165) is 18.3 Å². The van der Waals surface area contributed by atoms with Crippen LogP contribution in [0.1, 0.15) is 29.1 Å². The summed E-state index contributed by atoms with van der Waals surface area (Å²) in [6.07, 6.45) is 0. The number of carbonyl (C=O) groups excluding carboxylic acids is 1. The minimum atomic E-state index is -0.430. The third-order valence-electron chi connectivity index (χ3n) is 2.86. The number of carbonyl (C=O) groups is 1. The Morgan fingerprint density at radius 3 is 2.25 bits per heavy atom. The highest BCUT2D eigenvalue weighted by Crippen LogP contribution is 2.33. The Kier molecular flexibility index (Phi) is 5.10. The van der Waals surface area contributed by atoms with Crippen LogP contribution < -0.4 is 5.32 Å². The van der Waals surface area contributed by atoms with E-state index in [0.29, 0.717) is 4.88 Å². The van der Waals surface area contributed by atoms with E-state index in [4.69, 9.17) is 0 Å². The zero-order chi connectivity index (χ0) is 14.9. The smallest absolute Gasteiger partial charge is 0.262 e. The van der Waals surface area contributed by atoms with Crippen LogP contribution in [-0.2, 0) is 5.54 Å². The van der Waals surface area contributed by atoms with E-state index in [1.165, 1.54) is 11.3 Å². The molecule has 0 saturated carbocycles. The summed E-state index contributed by atoms with van der Waals surface area (Å²) in [5.74, 6) is -0.0747. The highest BCUT2D eigenvalue weighted by atomic mass is 79.9. The van der Waals surface area contributed by atoms with Gasteiger partial charge in [-0.1, -0.05) is 28.1 Å². The van der Waals surface area contributed by atoms with E-state index in [2.05, 4.69) is 53.1 Å². The maximum absolute atomic E-state index is 12.3. The number of rotatable bonds is 3. The van der Waals surface area contributed by atoms with E-state index in [9.17, 15) is 4.79 Å². The molecule has 2 rings (SSSR count). The van der Waals surface area contributed by atoms with Crippen molar-refractivity contribution in [3.05, 3.63) is 53.5 Å². The van der Waals surface area contributed by atoms with Crippen molar-refractivity contribution < 1.29 is 4.79 Å². The van der Waals surface area contributed by atoms with E-state index in [-0.39, 0.29) is 5.91 Å². The van der Waals surface area contributed by atoms with Crippen LogP contribution in [-0.4, -0.2) is 5.91 Å². The molecule has 2 aromatic rings. The van der Waals surface area contributed by atoms with Crippen molar-refractivity contribution in [1.29, 1.82) is 0 Å². The standard InChI is InChI=1S/C14H12Br3NOS/c1-14(2,8-3-5-9(15)6-4-8)18-13(19)11-7-10(16)12(17)20-11/h3-7H,1-2H3,(H,18,19). The Morgan fingerprint density at radius 2 is 1.75 bits per heavy atom. The molecule has 0 bridgehead atoms. The lowest BCUT2D eigenvalue weighted by Crippen LogP contribution is -2.40. The molecule has 0 aliphatic carbocycles. The van der Waals surface area contributed by atoms with Crippen molar-refractivity contribution in [3.8, 4) is 0 Å². The van der Waals surface area contributed by atoms with Gasteiger partial charge in [-0.2, -0.15) is 0 Å². The maximum atomic E-state index is 12.3. The molecule has 1 aromatic carbocycles. The van der Waals surface area contributed by atoms with Gasteiger partial charge in [0, 0.05) is 8.95 Å². The predicted molar refractivity (Wildman–Crippen MR) is 94.4 cm³/mol. The maximum Gasteiger partial charge on any atom is 0.262 e. The molecular formula is C14H12Br3NOS. The molecule has 0 fully saturated rings. The van der Waals surface area contributed by atoms with Crippen LogP contribution in [0.4, 0.5) is 0 Å². The minimum absolute atomic E-state index is 0.0747. The summed E-state index contributed by atoms with van der Waals surface area (Å²) in [6.45, 7) is 3.98. The zero-order valence-corrected chi connectivity index (χ0v) is 16.4. The van der Waals surface area contributed by atoms with Gasteiger partial charge in [-0.25, -0.2) is 0 Å². The molecule has 1 heterocycles. The number of thiophene rings is 1. The molecule has 0 spiro atoms. The molecule has 0 saturated heterocycles. The minimum Gasteiger partial charge on any atom is -0.342 e. The van der Waals surface area contributed by atoms with E-state index < -0.39 is 5.54 Å². The lowest BCUT2D eigenvalue weighted by Gasteiger charge is -2.26. The average molecular weight is 482 g/mol. The Labute approximate surface area is 147 Å². The van der Waals surface area contributed by atoms with Gasteiger partial charge < -0.3 is 5.32 Å². The Hall–Kier alpha value is -0.170. The van der Waals surface area contributed by atoms with Crippen LogP contribution in [0.25, 0.3) is 0 Å². The summed E-state index contributed by atoms with van der Waals surface area (Å²) < 4.78 is 2.84. The van der Waals surface area contributed by atoms with Crippen molar-refractivity contribution in [2.75, 3.05) is 0 Å². The van der Waals surface area contributed by atoms with Crippen molar-refractivity contribution in [3.63, 3.8) is 0 Å². The third kappa shape index (κ3) is 3.72. The van der Waals surface area contributed by atoms with Gasteiger partial charge in [0.05, 0.1) is 14.2 Å². The van der Waals surface area contributed by atoms with Crippen molar-refractivity contribution >= 4 is 65.0 Å². The molecule has 2 nitrogen and oxygen atoms in total. The largest absolute Gasteiger partial charge is 0.342 e. The fraction of sp³-hybridized carbons (Fsp3) is 0.214. The molecule has 20 heavy (non-hydrogen) atoms. The molecule has 0 aliphatic rings. The second-order valence-corrected chi connectivity index (χ2v) is 8.96. The van der Waals surface area contributed by atoms with Gasteiger partial charge in [-0.15, -0.1) is 11.3 Å². The normalized spacial score (nSPS) is 11.4. The first kappa shape index (κ1) is 16.2. The fourth-order valence-corrected chi connectivity index (χ4v) is 3.94. The molecule has 0 aliphatic heterocycles. The number of halogens is 3. The molecule has 1 aromatic heterocycles. The van der Waals surface area contributed by atoms with Crippen LogP contribution in [0, 0.1) is 0 Å². The van der Waals surface area contributed by atoms with Crippen LogP contribution in [0.2, 0.25) is 0 Å². The van der Waals surface area contributed by atoms with E-state index in [1.54, 1.807) is 0 Å². The lowest BCUT2D eigenvalue weighted by atomic mass is 9.94. The van der Waals surface area contributed by atoms with Crippen molar-refractivity contribution in [2.24, 2.45) is 0 Å². The number of benzene rings is 1. The molecule has 1 amide bonds. The molecule has 0 atom stereocenters. The molecule has 0 unspecified atom stereocenters. The first-order chi connectivity index (χ1) is 9.29. The molecular weight excluding hydrogens is 470 g/mol. The van der Waals surface area contributed by atoms with E-state index in [1.807, 2.05) is 44.2 Å². The highest BCUT2D eigenvalue weighted by molar-refractivity contribution is 9.13. The summed E-state index contributed by atoms with van der Waals surface area (Å²) in [5.41, 5.74) is 0.629. The van der Waals surface area contributed by atoms with Crippen molar-refractivity contribution in [1.82, 2.24) is 5.32 Å². The van der Waals surface area contributed by atoms with E-state index >= 15 is 0 Å². The zero-order valence-electron chi connectivity index (χ0n) is 10.8. The van der Waals surface area contributed by atoms with Gasteiger partial charge in [0.1, 0.15) is 0 Å². The quantitative estimate of drug-likeness (QED) is 0.598. The Balaban J connectivity index is 2.19. The van der Waals surface area contributed by atoms with Crippen LogP contribution in [0.5, 0.6) is 0 Å². The summed E-state index contributed by atoms with van der Waals surface area (Å²) in [6, 6.07) is 9.78. The van der Waals surface area contributed by atoms with Crippen molar-refractivity contribution in [2.45, 2.75) is 19.4 Å². The summed E-state index contributed by atoms with van der Waals surface area (Å²) in [5, 5.41) is 3.06. The number of nitrogens with one attached hydrogen (secondary N) is 1. The van der Waals surface area contributed by atoms with Gasteiger partial charge >= 0.3 is 0 Å². The average Bonchev–Trinajstić information content (AvgIpc) is 2.70. The van der Waals surface area contributed by atoms with Crippen LogP contribution in [0.15, 0.2) is 43.1 Å². The molecule has 1 N–H and O–H groups in total. The monoisotopic (exact) mass is 479 g/mol. The van der Waals surface area contributed by atoms with Gasteiger partial charge in [0.2, 0.25) is 0 Å². The number of hydrogen-bond donors (Lipinski definition) is 1. The molecule has 0 radical (unpaired) electrons. The summed E-state index contributed by atoms with van der Waals surface area (Å²) >= 11 is 11.6. The summed E-state index contributed by atoms with van der Waals surface area (Å²) in [4.78, 5) is 13.0. The summed E-state index contributed by atoms with van der Waals surface area (Å²) in [7, 11) is 0. The number of amides is 1. The Morgan fingerprint density at radius 1 is 1.15 bits per heavy atom. The second-order valence-electron chi connectivity index (χ2n) is 4.82. The topological polar surface area (TPSA) is 29.1 Å². The molecule has 6 heteroatoms. The van der Waals surface area contributed by atoms with Gasteiger partial charge in [0.25, 0.3) is 5.91 Å². The highest BCUT2D eigenvalue weighted by Gasteiger charge is 2.24. The lowest BCUT2D eigenvalue weighted by molar-refractivity contribution is 0.0916. The fourth-order valence-electron chi connectivity index (χ4n) is 1.74. The number of hydrogen-bond acceptors (Lipinski definition) is 2. The second kappa shape index (κ2) is 6.30.